The molecule has 7 nitrogen and oxygen atoms in total. The number of benzene rings is 1. The predicted molar refractivity (Wildman–Crippen MR) is 68.7 cm³/mol. The van der Waals surface area contributed by atoms with Gasteiger partial charge in [0.25, 0.3) is 0 Å². The van der Waals surface area contributed by atoms with E-state index in [1.165, 1.54) is 12.1 Å². The molecule has 2 amide bonds. The quantitative estimate of drug-likeness (QED) is 0.268. The normalized spacial score (nSPS) is 16.7. The monoisotopic (exact) mass is 262 g/mol. The number of nitrogens with two attached hydrogens (primary N) is 2. The number of primary amides is 1. The molecule has 1 saturated carbocycles. The van der Waals surface area contributed by atoms with Crippen molar-refractivity contribution < 1.29 is 14.8 Å². The van der Waals surface area contributed by atoms with Crippen molar-refractivity contribution in [3.8, 4) is 0 Å². The second-order valence-corrected chi connectivity index (χ2v) is 4.46. The minimum Gasteiger partial charge on any atom is -0.409 e. The van der Waals surface area contributed by atoms with Crippen molar-refractivity contribution >= 4 is 23.3 Å². The van der Waals surface area contributed by atoms with Gasteiger partial charge in [-0.25, -0.2) is 0 Å². The largest absolute Gasteiger partial charge is 0.409 e. The summed E-state index contributed by atoms with van der Waals surface area (Å²) in [5.41, 5.74) is 10.6. The molecule has 6 N–H and O–H groups in total. The third-order valence-electron chi connectivity index (χ3n) is 3.21. The van der Waals surface area contributed by atoms with Crippen LogP contribution < -0.4 is 16.8 Å². The van der Waals surface area contributed by atoms with Gasteiger partial charge >= 0.3 is 0 Å². The Balaban J connectivity index is 2.10. The number of hydrogen-bond donors (Lipinski definition) is 4. The molecule has 1 aliphatic rings. The molecule has 1 aliphatic carbocycles. The summed E-state index contributed by atoms with van der Waals surface area (Å²) in [6.45, 7) is 0. The highest BCUT2D eigenvalue weighted by Gasteiger charge is 2.54. The van der Waals surface area contributed by atoms with Crippen LogP contribution in [-0.4, -0.2) is 22.9 Å². The van der Waals surface area contributed by atoms with E-state index in [1.54, 1.807) is 12.1 Å². The Morgan fingerprint density at radius 3 is 2.21 bits per heavy atom. The van der Waals surface area contributed by atoms with Crippen LogP contribution in [0.1, 0.15) is 23.2 Å². The first kappa shape index (κ1) is 12.9. The smallest absolute Gasteiger partial charge is 0.248 e. The number of oxime groups is 1. The third-order valence-corrected chi connectivity index (χ3v) is 3.21. The SMILES string of the molecule is NC(=O)c1ccc(NC(=O)C2(/C(N)=N/O)CC2)cc1. The van der Waals surface area contributed by atoms with Crippen molar-refractivity contribution in [3.63, 3.8) is 0 Å². The number of nitrogens with zero attached hydrogens (tertiary/aromatic N) is 1. The fraction of sp³-hybridized carbons (Fsp3) is 0.250. The zero-order valence-corrected chi connectivity index (χ0v) is 10.1. The molecule has 0 aliphatic heterocycles. The topological polar surface area (TPSA) is 131 Å². The van der Waals surface area contributed by atoms with Gasteiger partial charge in [-0.1, -0.05) is 5.16 Å². The highest BCUT2D eigenvalue weighted by Crippen LogP contribution is 2.46. The van der Waals surface area contributed by atoms with Crippen molar-refractivity contribution in [3.05, 3.63) is 29.8 Å². The summed E-state index contributed by atoms with van der Waals surface area (Å²) in [6, 6.07) is 6.17. The minimum atomic E-state index is -0.906. The maximum atomic E-state index is 12.0. The Morgan fingerprint density at radius 2 is 1.79 bits per heavy atom. The van der Waals surface area contributed by atoms with Crippen LogP contribution in [0.2, 0.25) is 0 Å². The number of anilines is 1. The average Bonchev–Trinajstić information content (AvgIpc) is 3.20. The number of amidine groups is 1. The van der Waals surface area contributed by atoms with E-state index >= 15 is 0 Å². The van der Waals surface area contributed by atoms with Crippen LogP contribution in [-0.2, 0) is 4.79 Å². The molecule has 0 bridgehead atoms. The maximum Gasteiger partial charge on any atom is 0.248 e. The first-order valence-electron chi connectivity index (χ1n) is 5.69. The summed E-state index contributed by atoms with van der Waals surface area (Å²) in [6.07, 6.45) is 1.10. The minimum absolute atomic E-state index is 0.0845. The summed E-state index contributed by atoms with van der Waals surface area (Å²) in [5, 5.41) is 14.2. The van der Waals surface area contributed by atoms with Gasteiger partial charge in [0.1, 0.15) is 5.41 Å². The van der Waals surface area contributed by atoms with Gasteiger partial charge in [-0.15, -0.1) is 0 Å². The van der Waals surface area contributed by atoms with Crippen LogP contribution in [0, 0.1) is 5.41 Å². The molecule has 19 heavy (non-hydrogen) atoms. The van der Waals surface area contributed by atoms with Crippen LogP contribution in [0.5, 0.6) is 0 Å². The zero-order valence-electron chi connectivity index (χ0n) is 10.1. The van der Waals surface area contributed by atoms with Crippen LogP contribution in [0.25, 0.3) is 0 Å². The van der Waals surface area contributed by atoms with Crippen LogP contribution >= 0.6 is 0 Å². The molecule has 100 valence electrons. The Bertz CT molecular complexity index is 547. The number of amides is 2. The van der Waals surface area contributed by atoms with Crippen molar-refractivity contribution in [2.24, 2.45) is 22.0 Å². The van der Waals surface area contributed by atoms with Gasteiger partial charge in [0.15, 0.2) is 5.84 Å². The summed E-state index contributed by atoms with van der Waals surface area (Å²) in [7, 11) is 0. The standard InChI is InChI=1S/C12H14N4O3/c13-9(17)7-1-3-8(4-2-7)15-11(18)12(5-6-12)10(14)16-19/h1-4,19H,5-6H2,(H2,13,17)(H2,14,16)(H,15,18). The van der Waals surface area contributed by atoms with E-state index in [0.717, 1.165) is 0 Å². The molecule has 1 fully saturated rings. The van der Waals surface area contributed by atoms with Crippen LogP contribution in [0.3, 0.4) is 0 Å². The number of carbonyl (C=O) groups is 2. The van der Waals surface area contributed by atoms with Gasteiger partial charge in [-0.3, -0.25) is 9.59 Å². The average molecular weight is 262 g/mol. The maximum absolute atomic E-state index is 12.0. The van der Waals surface area contributed by atoms with E-state index in [1.807, 2.05) is 0 Å². The Labute approximate surface area is 109 Å². The molecule has 0 saturated heterocycles. The van der Waals surface area contributed by atoms with Crippen LogP contribution in [0.15, 0.2) is 29.4 Å². The fourth-order valence-corrected chi connectivity index (χ4v) is 1.79. The van der Waals surface area contributed by atoms with Gasteiger partial charge < -0.3 is 22.0 Å². The highest BCUT2D eigenvalue weighted by molar-refractivity contribution is 6.14. The van der Waals surface area contributed by atoms with Crippen molar-refractivity contribution in [2.75, 3.05) is 5.32 Å². The van der Waals surface area contributed by atoms with Gasteiger partial charge in [0, 0.05) is 11.3 Å². The molecule has 1 aromatic rings. The lowest BCUT2D eigenvalue weighted by molar-refractivity contribution is -0.119. The third kappa shape index (κ3) is 2.35. The van der Waals surface area contributed by atoms with E-state index in [2.05, 4.69) is 10.5 Å². The summed E-state index contributed by atoms with van der Waals surface area (Å²) < 4.78 is 0. The summed E-state index contributed by atoms with van der Waals surface area (Å²) >= 11 is 0. The lowest BCUT2D eigenvalue weighted by atomic mass is 10.0. The van der Waals surface area contributed by atoms with E-state index in [9.17, 15) is 9.59 Å². The predicted octanol–water partition coefficient (Wildman–Crippen LogP) is 0.251. The highest BCUT2D eigenvalue weighted by atomic mass is 16.4. The van der Waals surface area contributed by atoms with Gasteiger partial charge in [-0.05, 0) is 37.1 Å². The zero-order chi connectivity index (χ0) is 14.0. The van der Waals surface area contributed by atoms with Crippen LogP contribution in [0.4, 0.5) is 5.69 Å². The van der Waals surface area contributed by atoms with Crippen molar-refractivity contribution in [1.82, 2.24) is 0 Å². The summed E-state index contributed by atoms with van der Waals surface area (Å²) in [4.78, 5) is 22.9. The second kappa shape index (κ2) is 4.60. The molecule has 2 rings (SSSR count). The molecule has 0 atom stereocenters. The summed E-state index contributed by atoms with van der Waals surface area (Å²) in [5.74, 6) is -0.943. The van der Waals surface area contributed by atoms with E-state index in [-0.39, 0.29) is 11.7 Å². The van der Waals surface area contributed by atoms with Gasteiger partial charge in [0.2, 0.25) is 11.8 Å². The van der Waals surface area contributed by atoms with E-state index in [0.29, 0.717) is 24.1 Å². The molecule has 7 heteroatoms. The lowest BCUT2D eigenvalue weighted by Crippen LogP contribution is -2.36. The fourth-order valence-electron chi connectivity index (χ4n) is 1.79. The van der Waals surface area contributed by atoms with E-state index < -0.39 is 11.3 Å². The Hall–Kier alpha value is -2.57. The molecule has 0 unspecified atom stereocenters. The molecule has 0 aromatic heterocycles. The van der Waals surface area contributed by atoms with E-state index in [4.69, 9.17) is 16.7 Å². The molecular weight excluding hydrogens is 248 g/mol. The van der Waals surface area contributed by atoms with Crippen molar-refractivity contribution in [2.45, 2.75) is 12.8 Å². The molecule has 1 aromatic carbocycles. The number of rotatable bonds is 4. The first-order valence-corrected chi connectivity index (χ1v) is 5.69. The lowest BCUT2D eigenvalue weighted by Gasteiger charge is -2.13. The molecule has 0 radical (unpaired) electrons. The van der Waals surface area contributed by atoms with Crippen molar-refractivity contribution in [1.29, 1.82) is 0 Å². The first-order chi connectivity index (χ1) is 8.99. The second-order valence-electron chi connectivity index (χ2n) is 4.46. The molecule has 0 spiro atoms. The van der Waals surface area contributed by atoms with Gasteiger partial charge in [-0.2, -0.15) is 0 Å². The Morgan fingerprint density at radius 1 is 1.21 bits per heavy atom. The number of carbonyl (C=O) groups excluding carboxylic acids is 2. The Kier molecular flexibility index (Phi) is 3.12. The molecular formula is C12H14N4O3. The number of nitrogens with one attached hydrogen (secondary N) is 1. The molecule has 0 heterocycles. The van der Waals surface area contributed by atoms with Gasteiger partial charge in [0.05, 0.1) is 0 Å². The number of hydrogen-bond acceptors (Lipinski definition) is 4.